The van der Waals surface area contributed by atoms with E-state index in [1.165, 1.54) is 0 Å². The second-order valence-electron chi connectivity index (χ2n) is 3.74. The van der Waals surface area contributed by atoms with Crippen LogP contribution in [0.4, 0.5) is 13.2 Å². The molecule has 1 nitrogen and oxygen atoms in total. The number of aryl methyl sites for hydroxylation is 2. The highest BCUT2D eigenvalue weighted by Gasteiger charge is 2.35. The lowest BCUT2D eigenvalue weighted by atomic mass is 10.1. The highest BCUT2D eigenvalue weighted by Crippen LogP contribution is 2.37. The Hall–Kier alpha value is -1.36. The maximum absolute atomic E-state index is 12.5. The molecule has 1 aromatic heterocycles. The van der Waals surface area contributed by atoms with Gasteiger partial charge in [0.15, 0.2) is 5.01 Å². The van der Waals surface area contributed by atoms with E-state index in [9.17, 15) is 13.2 Å². The molecular weight excluding hydrogens is 247 g/mol. The molecule has 0 aliphatic carbocycles. The normalized spacial score (nSPS) is 11.8. The van der Waals surface area contributed by atoms with Gasteiger partial charge in [-0.25, -0.2) is 4.98 Å². The summed E-state index contributed by atoms with van der Waals surface area (Å²) in [7, 11) is 0. The molecule has 5 heteroatoms. The highest BCUT2D eigenvalue weighted by atomic mass is 32.1. The van der Waals surface area contributed by atoms with Gasteiger partial charge in [0.05, 0.1) is 5.69 Å². The molecule has 0 aliphatic rings. The molecule has 0 bridgehead atoms. The van der Waals surface area contributed by atoms with Crippen LogP contribution in [0.25, 0.3) is 11.3 Å². The van der Waals surface area contributed by atoms with Gasteiger partial charge in [-0.05, 0) is 19.4 Å². The van der Waals surface area contributed by atoms with Crippen LogP contribution in [0.15, 0.2) is 24.3 Å². The zero-order valence-corrected chi connectivity index (χ0v) is 10.1. The van der Waals surface area contributed by atoms with Crippen LogP contribution in [0.3, 0.4) is 0 Å². The van der Waals surface area contributed by atoms with Crippen molar-refractivity contribution in [2.24, 2.45) is 0 Å². The van der Waals surface area contributed by atoms with Crippen molar-refractivity contribution in [2.75, 3.05) is 0 Å². The number of alkyl halides is 3. The van der Waals surface area contributed by atoms with Crippen LogP contribution in [-0.4, -0.2) is 4.98 Å². The van der Waals surface area contributed by atoms with Gasteiger partial charge in [-0.1, -0.05) is 24.3 Å². The number of hydrogen-bond donors (Lipinski definition) is 0. The fourth-order valence-corrected chi connectivity index (χ4v) is 2.40. The number of halogens is 3. The molecule has 0 fully saturated rings. The highest BCUT2D eigenvalue weighted by molar-refractivity contribution is 7.12. The molecule has 90 valence electrons. The first-order chi connectivity index (χ1) is 7.89. The van der Waals surface area contributed by atoms with Gasteiger partial charge in [-0.3, -0.25) is 0 Å². The summed E-state index contributed by atoms with van der Waals surface area (Å²) in [5, 5.41) is -0.784. The molecule has 0 atom stereocenters. The van der Waals surface area contributed by atoms with E-state index >= 15 is 0 Å². The lowest BCUT2D eigenvalue weighted by Gasteiger charge is -2.03. The van der Waals surface area contributed by atoms with E-state index in [1.807, 2.05) is 19.1 Å². The fraction of sp³-hybridized carbons (Fsp3) is 0.250. The second kappa shape index (κ2) is 4.14. The third-order valence-electron chi connectivity index (χ3n) is 2.44. The maximum Gasteiger partial charge on any atom is 0.443 e. The van der Waals surface area contributed by atoms with Gasteiger partial charge < -0.3 is 0 Å². The average molecular weight is 257 g/mol. The molecule has 2 rings (SSSR count). The summed E-state index contributed by atoms with van der Waals surface area (Å²) in [5.41, 5.74) is 2.12. The van der Waals surface area contributed by atoms with Gasteiger partial charge >= 0.3 is 6.18 Å². The van der Waals surface area contributed by atoms with Crippen molar-refractivity contribution in [3.05, 3.63) is 39.7 Å². The Bertz CT molecular complexity index is 543. The van der Waals surface area contributed by atoms with E-state index in [4.69, 9.17) is 0 Å². The first-order valence-corrected chi connectivity index (χ1v) is 5.82. The van der Waals surface area contributed by atoms with Crippen LogP contribution in [0.2, 0.25) is 0 Å². The minimum atomic E-state index is -4.36. The molecule has 2 aromatic rings. The smallest absolute Gasteiger partial charge is 0.232 e. The first-order valence-electron chi connectivity index (χ1n) is 5.00. The van der Waals surface area contributed by atoms with Crippen LogP contribution in [-0.2, 0) is 6.18 Å². The second-order valence-corrected chi connectivity index (χ2v) is 4.94. The minimum absolute atomic E-state index is 0.431. The zero-order valence-electron chi connectivity index (χ0n) is 9.30. The van der Waals surface area contributed by atoms with E-state index in [1.54, 1.807) is 19.1 Å². The molecule has 0 saturated carbocycles. The summed E-state index contributed by atoms with van der Waals surface area (Å²) in [4.78, 5) is 4.30. The van der Waals surface area contributed by atoms with Gasteiger partial charge in [0.1, 0.15) is 0 Å². The Kier molecular flexibility index (Phi) is 2.95. The van der Waals surface area contributed by atoms with Crippen molar-refractivity contribution in [1.82, 2.24) is 4.98 Å². The predicted octanol–water partition coefficient (Wildman–Crippen LogP) is 4.45. The van der Waals surface area contributed by atoms with Gasteiger partial charge in [0.25, 0.3) is 0 Å². The number of nitrogens with zero attached hydrogens (tertiary/aromatic N) is 1. The molecule has 0 amide bonds. The summed E-state index contributed by atoms with van der Waals surface area (Å²) < 4.78 is 37.6. The molecule has 1 aromatic carbocycles. The van der Waals surface area contributed by atoms with Crippen molar-refractivity contribution in [3.8, 4) is 11.3 Å². The van der Waals surface area contributed by atoms with Gasteiger partial charge in [0.2, 0.25) is 0 Å². The Morgan fingerprint density at radius 2 is 1.76 bits per heavy atom. The lowest BCUT2D eigenvalue weighted by molar-refractivity contribution is -0.137. The summed E-state index contributed by atoms with van der Waals surface area (Å²) >= 11 is 0.689. The summed E-state index contributed by atoms with van der Waals surface area (Å²) in [6.07, 6.45) is -4.36. The number of rotatable bonds is 1. The molecule has 0 spiro atoms. The molecule has 1 heterocycles. The van der Waals surface area contributed by atoms with Crippen LogP contribution in [0.1, 0.15) is 15.4 Å². The maximum atomic E-state index is 12.5. The van der Waals surface area contributed by atoms with E-state index < -0.39 is 11.2 Å². The van der Waals surface area contributed by atoms with Crippen molar-refractivity contribution in [1.29, 1.82) is 0 Å². The average Bonchev–Trinajstić information content (AvgIpc) is 2.61. The van der Waals surface area contributed by atoms with Crippen LogP contribution >= 0.6 is 11.3 Å². The number of hydrogen-bond acceptors (Lipinski definition) is 2. The number of aromatic nitrogens is 1. The molecular formula is C12H10F3NS. The molecule has 0 radical (unpaired) electrons. The zero-order chi connectivity index (χ0) is 12.6. The SMILES string of the molecule is Cc1ccccc1-c1nc(C(F)(F)F)sc1C. The molecule has 0 saturated heterocycles. The number of thiazole rings is 1. The quantitative estimate of drug-likeness (QED) is 0.735. The Balaban J connectivity index is 2.55. The minimum Gasteiger partial charge on any atom is -0.232 e. The fourth-order valence-electron chi connectivity index (χ4n) is 1.61. The Labute approximate surface area is 101 Å². The van der Waals surface area contributed by atoms with E-state index in [0.29, 0.717) is 21.9 Å². The molecule has 0 aliphatic heterocycles. The number of benzene rings is 1. The molecule has 17 heavy (non-hydrogen) atoms. The van der Waals surface area contributed by atoms with E-state index in [-0.39, 0.29) is 0 Å². The van der Waals surface area contributed by atoms with Gasteiger partial charge in [-0.15, -0.1) is 11.3 Å². The van der Waals surface area contributed by atoms with E-state index in [2.05, 4.69) is 4.98 Å². The molecule has 0 unspecified atom stereocenters. The third kappa shape index (κ3) is 2.34. The van der Waals surface area contributed by atoms with Crippen molar-refractivity contribution in [2.45, 2.75) is 20.0 Å². The monoisotopic (exact) mass is 257 g/mol. The Morgan fingerprint density at radius 1 is 1.12 bits per heavy atom. The Morgan fingerprint density at radius 3 is 2.29 bits per heavy atom. The van der Waals surface area contributed by atoms with E-state index in [0.717, 1.165) is 11.1 Å². The first kappa shape index (κ1) is 12.1. The topological polar surface area (TPSA) is 12.9 Å². The van der Waals surface area contributed by atoms with Crippen molar-refractivity contribution >= 4 is 11.3 Å². The van der Waals surface area contributed by atoms with Crippen LogP contribution in [0.5, 0.6) is 0 Å². The van der Waals surface area contributed by atoms with Crippen molar-refractivity contribution < 1.29 is 13.2 Å². The van der Waals surface area contributed by atoms with Gasteiger partial charge in [-0.2, -0.15) is 13.2 Å². The standard InChI is InChI=1S/C12H10F3NS/c1-7-5-3-4-6-9(7)10-8(2)17-11(16-10)12(13,14)15/h3-6H,1-2H3. The predicted molar refractivity (Wildman–Crippen MR) is 62.0 cm³/mol. The largest absolute Gasteiger partial charge is 0.443 e. The van der Waals surface area contributed by atoms with Gasteiger partial charge in [0, 0.05) is 10.4 Å². The van der Waals surface area contributed by atoms with Crippen molar-refractivity contribution in [3.63, 3.8) is 0 Å². The van der Waals surface area contributed by atoms with Crippen LogP contribution in [0, 0.1) is 13.8 Å². The molecule has 0 N–H and O–H groups in total. The summed E-state index contributed by atoms with van der Waals surface area (Å²) in [6, 6.07) is 7.30. The summed E-state index contributed by atoms with van der Waals surface area (Å²) in [5.74, 6) is 0. The summed E-state index contributed by atoms with van der Waals surface area (Å²) in [6.45, 7) is 3.52. The third-order valence-corrected chi connectivity index (χ3v) is 3.45. The van der Waals surface area contributed by atoms with Crippen LogP contribution < -0.4 is 0 Å². The lowest BCUT2D eigenvalue weighted by Crippen LogP contribution is -2.03.